The van der Waals surface area contributed by atoms with Crippen LogP contribution >= 0.6 is 11.6 Å². The summed E-state index contributed by atoms with van der Waals surface area (Å²) in [7, 11) is 0. The van der Waals surface area contributed by atoms with Gasteiger partial charge >= 0.3 is 0 Å². The van der Waals surface area contributed by atoms with Crippen LogP contribution < -0.4 is 10.5 Å². The normalized spacial score (nSPS) is 8.19. The van der Waals surface area contributed by atoms with Gasteiger partial charge < -0.3 is 10.5 Å². The van der Waals surface area contributed by atoms with Crippen LogP contribution in [0.4, 0.5) is 0 Å². The maximum atomic E-state index is 5.74. The Morgan fingerprint density at radius 2 is 1.88 bits per heavy atom. The maximum absolute atomic E-state index is 5.74. The predicted molar refractivity (Wildman–Crippen MR) is 69.9 cm³/mol. The second-order valence-electron chi connectivity index (χ2n) is 2.48. The summed E-state index contributed by atoms with van der Waals surface area (Å²) in [5.41, 5.74) is 4.60. The van der Waals surface area contributed by atoms with Gasteiger partial charge in [0.1, 0.15) is 24.1 Å². The van der Waals surface area contributed by atoms with Crippen LogP contribution in [0.15, 0.2) is 12.3 Å². The van der Waals surface area contributed by atoms with Crippen molar-refractivity contribution in [3.05, 3.63) is 23.0 Å². The molecule has 1 rings (SSSR count). The van der Waals surface area contributed by atoms with Crippen molar-refractivity contribution in [1.82, 2.24) is 4.98 Å². The summed E-state index contributed by atoms with van der Waals surface area (Å²) in [6, 6.07) is 1.87. The van der Waals surface area contributed by atoms with Gasteiger partial charge in [0.2, 0.25) is 0 Å². The highest BCUT2D eigenvalue weighted by Crippen LogP contribution is 2.17. The molecular formula is C12H24ClN2O+. The van der Waals surface area contributed by atoms with Crippen molar-refractivity contribution >= 4 is 11.6 Å². The Balaban J connectivity index is 0. The van der Waals surface area contributed by atoms with Gasteiger partial charge in [0, 0.05) is 0 Å². The van der Waals surface area contributed by atoms with E-state index >= 15 is 0 Å². The van der Waals surface area contributed by atoms with Crippen LogP contribution in [0.2, 0.25) is 5.15 Å². The lowest BCUT2D eigenvalue weighted by atomic mass is 10.3. The number of ether oxygens (including phenoxy) is 1. The number of aromatic nitrogens is 1. The number of nitrogens with zero attached hydrogens (tertiary/aromatic N) is 1. The second-order valence-corrected chi connectivity index (χ2v) is 2.84. The zero-order valence-corrected chi connectivity index (χ0v) is 11.8. The molecule has 1 aromatic heterocycles. The van der Waals surface area contributed by atoms with Gasteiger partial charge in [0.05, 0.1) is 6.20 Å². The van der Waals surface area contributed by atoms with Gasteiger partial charge in [0.15, 0.2) is 0 Å². The summed E-state index contributed by atoms with van der Waals surface area (Å²) < 4.78 is 5.31. The van der Waals surface area contributed by atoms with E-state index in [1.54, 1.807) is 6.20 Å². The second kappa shape index (κ2) is 12.3. The van der Waals surface area contributed by atoms with Crippen molar-refractivity contribution in [3.8, 4) is 5.75 Å². The van der Waals surface area contributed by atoms with Crippen molar-refractivity contribution in [2.75, 3.05) is 13.2 Å². The molecule has 3 nitrogen and oxygen atoms in total. The van der Waals surface area contributed by atoms with Crippen molar-refractivity contribution < 1.29 is 10.5 Å². The SMILES string of the molecule is CC.CC.Cc1cc(OCC[NH3+])cnc1Cl. The van der Waals surface area contributed by atoms with E-state index < -0.39 is 0 Å². The monoisotopic (exact) mass is 247 g/mol. The molecule has 0 bridgehead atoms. The number of rotatable bonds is 3. The van der Waals surface area contributed by atoms with Gasteiger partial charge in [-0.3, -0.25) is 0 Å². The molecule has 0 aliphatic rings. The van der Waals surface area contributed by atoms with Crippen LogP contribution in [0.1, 0.15) is 33.3 Å². The molecule has 1 aromatic rings. The minimum absolute atomic E-state index is 0.525. The molecule has 0 saturated heterocycles. The highest BCUT2D eigenvalue weighted by molar-refractivity contribution is 6.30. The van der Waals surface area contributed by atoms with Crippen LogP contribution in [0, 0.1) is 6.92 Å². The Hall–Kier alpha value is -0.800. The molecule has 0 fully saturated rings. The van der Waals surface area contributed by atoms with E-state index in [9.17, 15) is 0 Å². The average Bonchev–Trinajstić information content (AvgIpc) is 2.36. The number of hydrogen-bond acceptors (Lipinski definition) is 2. The fourth-order valence-electron chi connectivity index (χ4n) is 0.801. The molecule has 0 unspecified atom stereocenters. The van der Waals surface area contributed by atoms with Crippen LogP contribution in [0.3, 0.4) is 0 Å². The lowest BCUT2D eigenvalue weighted by Gasteiger charge is -2.03. The number of quaternary nitrogens is 1. The van der Waals surface area contributed by atoms with Crippen molar-refractivity contribution in [2.24, 2.45) is 0 Å². The Bertz CT molecular complexity index is 267. The van der Waals surface area contributed by atoms with E-state index in [4.69, 9.17) is 16.3 Å². The lowest BCUT2D eigenvalue weighted by molar-refractivity contribution is -0.370. The molecule has 16 heavy (non-hydrogen) atoms. The van der Waals surface area contributed by atoms with E-state index in [2.05, 4.69) is 10.7 Å². The minimum atomic E-state index is 0.525. The third-order valence-electron chi connectivity index (χ3n) is 1.40. The van der Waals surface area contributed by atoms with Crippen LogP contribution in [-0.2, 0) is 0 Å². The van der Waals surface area contributed by atoms with Gasteiger partial charge in [-0.2, -0.15) is 0 Å². The Morgan fingerprint density at radius 1 is 1.31 bits per heavy atom. The first kappa shape index (κ1) is 17.6. The number of aryl methyl sites for hydroxylation is 1. The van der Waals surface area contributed by atoms with Crippen LogP contribution in [0.25, 0.3) is 0 Å². The van der Waals surface area contributed by atoms with Gasteiger partial charge in [0.25, 0.3) is 0 Å². The number of pyridine rings is 1. The Labute approximate surface area is 104 Å². The molecule has 94 valence electrons. The molecule has 3 N–H and O–H groups in total. The van der Waals surface area contributed by atoms with Crippen molar-refractivity contribution in [2.45, 2.75) is 34.6 Å². The van der Waals surface area contributed by atoms with Gasteiger partial charge in [-0.05, 0) is 18.6 Å². The van der Waals surface area contributed by atoms with E-state index in [0.717, 1.165) is 17.9 Å². The highest BCUT2D eigenvalue weighted by atomic mass is 35.5. The third kappa shape index (κ3) is 7.49. The van der Waals surface area contributed by atoms with E-state index in [-0.39, 0.29) is 0 Å². The first-order valence-corrected chi connectivity index (χ1v) is 6.16. The predicted octanol–water partition coefficient (Wildman–Crippen LogP) is 2.72. The molecular weight excluding hydrogens is 224 g/mol. The zero-order valence-electron chi connectivity index (χ0n) is 11.0. The zero-order chi connectivity index (χ0) is 13.0. The summed E-state index contributed by atoms with van der Waals surface area (Å²) in [5, 5.41) is 0.525. The van der Waals surface area contributed by atoms with Crippen LogP contribution in [-0.4, -0.2) is 18.1 Å². The van der Waals surface area contributed by atoms with E-state index in [0.29, 0.717) is 11.8 Å². The van der Waals surface area contributed by atoms with E-state index in [1.807, 2.05) is 40.7 Å². The summed E-state index contributed by atoms with van der Waals surface area (Å²) >= 11 is 5.74. The summed E-state index contributed by atoms with van der Waals surface area (Å²) in [6.07, 6.45) is 1.62. The lowest BCUT2D eigenvalue weighted by Crippen LogP contribution is -2.52. The minimum Gasteiger partial charge on any atom is -0.486 e. The Kier molecular flexibility index (Phi) is 13.5. The fourth-order valence-corrected chi connectivity index (χ4v) is 0.905. The standard InChI is InChI=1S/C8H11ClN2O.2C2H6/c1-6-4-7(12-3-2-10)5-11-8(6)9;2*1-2/h4-5H,2-3,10H2,1H3;2*1-2H3/p+1. The van der Waals surface area contributed by atoms with Gasteiger partial charge in [-0.15, -0.1) is 0 Å². The maximum Gasteiger partial charge on any atom is 0.138 e. The van der Waals surface area contributed by atoms with Crippen LogP contribution in [0.5, 0.6) is 5.75 Å². The van der Waals surface area contributed by atoms with Gasteiger partial charge in [-0.1, -0.05) is 39.3 Å². The highest BCUT2D eigenvalue weighted by Gasteiger charge is 1.98. The molecule has 0 amide bonds. The molecule has 0 aromatic carbocycles. The van der Waals surface area contributed by atoms with Crippen molar-refractivity contribution in [3.63, 3.8) is 0 Å². The third-order valence-corrected chi connectivity index (χ3v) is 1.80. The fraction of sp³-hybridized carbons (Fsp3) is 0.583. The first-order valence-electron chi connectivity index (χ1n) is 5.78. The largest absolute Gasteiger partial charge is 0.486 e. The summed E-state index contributed by atoms with van der Waals surface area (Å²) in [5.74, 6) is 0.751. The quantitative estimate of drug-likeness (QED) is 0.835. The molecule has 0 radical (unpaired) electrons. The Morgan fingerprint density at radius 3 is 2.31 bits per heavy atom. The molecule has 4 heteroatoms. The molecule has 0 aliphatic carbocycles. The van der Waals surface area contributed by atoms with Gasteiger partial charge in [-0.25, -0.2) is 4.98 Å². The topological polar surface area (TPSA) is 49.8 Å². The van der Waals surface area contributed by atoms with E-state index in [1.165, 1.54) is 0 Å². The molecule has 1 heterocycles. The molecule has 0 aliphatic heterocycles. The number of halogens is 1. The smallest absolute Gasteiger partial charge is 0.138 e. The molecule has 0 saturated carbocycles. The van der Waals surface area contributed by atoms with Crippen molar-refractivity contribution in [1.29, 1.82) is 0 Å². The number of hydrogen-bond donors (Lipinski definition) is 1. The summed E-state index contributed by atoms with van der Waals surface area (Å²) in [4.78, 5) is 3.95. The molecule has 0 spiro atoms. The average molecular weight is 248 g/mol. The first-order chi connectivity index (χ1) is 7.74. The summed E-state index contributed by atoms with van der Waals surface area (Å²) in [6.45, 7) is 11.3. The molecule has 0 atom stereocenters.